The highest BCUT2D eigenvalue weighted by Gasteiger charge is 2.45. The Morgan fingerprint density at radius 1 is 1.54 bits per heavy atom. The predicted molar refractivity (Wildman–Crippen MR) is 34.0 cm³/mol. The van der Waals surface area contributed by atoms with Crippen LogP contribution in [0.5, 0.6) is 0 Å². The van der Waals surface area contributed by atoms with E-state index in [0.29, 0.717) is 7.11 Å². The van der Waals surface area contributed by atoms with Gasteiger partial charge in [-0.1, -0.05) is 0 Å². The summed E-state index contributed by atoms with van der Waals surface area (Å²) in [5.74, 6) is -5.90. The molecule has 0 fully saturated rings. The van der Waals surface area contributed by atoms with Crippen molar-refractivity contribution in [3.8, 4) is 0 Å². The molecule has 0 saturated heterocycles. The summed E-state index contributed by atoms with van der Waals surface area (Å²) in [6.07, 6.45) is -0.479. The minimum absolute atomic E-state index is 0.479. The fraction of sp³-hybridized carbons (Fsp3) is 0.500. The lowest BCUT2D eigenvalue weighted by atomic mass is 10.5. The van der Waals surface area contributed by atoms with E-state index in [9.17, 15) is 29.0 Å². The van der Waals surface area contributed by atoms with Crippen LogP contribution >= 0.6 is 0 Å². The largest absolute Gasteiger partial charge is 0.506 e. The number of methoxy groups -OCH3 is 1. The lowest BCUT2D eigenvalue weighted by Crippen LogP contribution is -2.33. The molecule has 0 aliphatic carbocycles. The van der Waals surface area contributed by atoms with Gasteiger partial charge in [-0.05, 0) is 0 Å². The van der Waals surface area contributed by atoms with Gasteiger partial charge in [0.25, 0.3) is 0 Å². The quantitative estimate of drug-likeness (QED) is 0.285. The van der Waals surface area contributed by atoms with E-state index in [1.807, 2.05) is 0 Å². The van der Waals surface area contributed by atoms with Gasteiger partial charge in [0.2, 0.25) is 0 Å². The zero-order chi connectivity index (χ0) is 10.6. The molecule has 0 heterocycles. The molecule has 7 nitrogen and oxygen atoms in total. The van der Waals surface area contributed by atoms with Crippen molar-refractivity contribution >= 4 is 0 Å². The molecule has 0 aliphatic heterocycles. The van der Waals surface area contributed by atoms with Gasteiger partial charge in [-0.3, -0.25) is 25.0 Å². The molecule has 13 heavy (non-hydrogen) atoms. The standard InChI is InChI=1S/C4H4F2N2O5/c1-13-4(6,8(11)12)2-3(5)7(9)10/h2H,1H3/b3-2+. The number of nitro groups is 2. The Hall–Kier alpha value is -1.64. The van der Waals surface area contributed by atoms with Crippen LogP contribution in [0.3, 0.4) is 0 Å². The third-order valence-corrected chi connectivity index (χ3v) is 1.01. The van der Waals surface area contributed by atoms with E-state index in [-0.39, 0.29) is 0 Å². The third kappa shape index (κ3) is 2.71. The first-order valence-electron chi connectivity index (χ1n) is 2.75. The predicted octanol–water partition coefficient (Wildman–Crippen LogP) is 0.620. The number of hydrogen-bond donors (Lipinski definition) is 0. The van der Waals surface area contributed by atoms with E-state index >= 15 is 0 Å². The molecule has 0 aliphatic rings. The van der Waals surface area contributed by atoms with Crippen LogP contribution in [0.2, 0.25) is 0 Å². The van der Waals surface area contributed by atoms with Gasteiger partial charge in [0.1, 0.15) is 0 Å². The van der Waals surface area contributed by atoms with Crippen molar-refractivity contribution in [1.29, 1.82) is 0 Å². The van der Waals surface area contributed by atoms with Crippen LogP contribution in [0.1, 0.15) is 0 Å². The summed E-state index contributed by atoms with van der Waals surface area (Å²) in [4.78, 5) is 16.3. The molecule has 0 aromatic rings. The van der Waals surface area contributed by atoms with Crippen LogP contribution in [0.25, 0.3) is 0 Å². The van der Waals surface area contributed by atoms with Gasteiger partial charge in [0, 0.05) is 7.11 Å². The average molecular weight is 198 g/mol. The van der Waals surface area contributed by atoms with Crippen molar-refractivity contribution < 1.29 is 23.4 Å². The Labute approximate surface area is 69.9 Å². The monoisotopic (exact) mass is 198 g/mol. The molecule has 0 rings (SSSR count). The molecular formula is C4H4F2N2O5. The molecule has 1 unspecified atom stereocenters. The Kier molecular flexibility index (Phi) is 3.36. The fourth-order valence-electron chi connectivity index (χ4n) is 0.386. The summed E-state index contributed by atoms with van der Waals surface area (Å²) in [7, 11) is 0.576. The van der Waals surface area contributed by atoms with Crippen LogP contribution < -0.4 is 0 Å². The maximum Gasteiger partial charge on any atom is 0.506 e. The molecule has 9 heteroatoms. The van der Waals surface area contributed by atoms with Crippen molar-refractivity contribution in [2.24, 2.45) is 0 Å². The number of halogens is 2. The van der Waals surface area contributed by atoms with E-state index in [1.165, 1.54) is 0 Å². The Morgan fingerprint density at radius 3 is 2.23 bits per heavy atom. The molecule has 0 aromatic carbocycles. The molecule has 0 spiro atoms. The molecule has 0 saturated carbocycles. The smallest absolute Gasteiger partial charge is 0.286 e. The van der Waals surface area contributed by atoms with Crippen LogP contribution in [-0.2, 0) is 4.74 Å². The molecule has 0 N–H and O–H groups in total. The summed E-state index contributed by atoms with van der Waals surface area (Å²) in [6, 6.07) is 0. The molecule has 1 atom stereocenters. The second-order valence-corrected chi connectivity index (χ2v) is 1.79. The van der Waals surface area contributed by atoms with Crippen molar-refractivity contribution in [3.05, 3.63) is 32.3 Å². The minimum atomic E-state index is -3.71. The van der Waals surface area contributed by atoms with Gasteiger partial charge in [0.05, 0.1) is 9.85 Å². The van der Waals surface area contributed by atoms with Crippen LogP contribution in [0.15, 0.2) is 12.0 Å². The summed E-state index contributed by atoms with van der Waals surface area (Å²) < 4.78 is 28.5. The Balaban J connectivity index is 4.91. The molecule has 0 amide bonds. The van der Waals surface area contributed by atoms with E-state index in [1.54, 1.807) is 0 Å². The maximum atomic E-state index is 12.7. The van der Waals surface area contributed by atoms with Gasteiger partial charge in [-0.2, -0.15) is 0 Å². The maximum absolute atomic E-state index is 12.7. The number of hydrogen-bond acceptors (Lipinski definition) is 5. The second kappa shape index (κ2) is 3.85. The lowest BCUT2D eigenvalue weighted by Gasteiger charge is -2.07. The Bertz CT molecular complexity index is 267. The number of alkyl halides is 1. The lowest BCUT2D eigenvalue weighted by molar-refractivity contribution is -0.649. The molecule has 74 valence electrons. The van der Waals surface area contributed by atoms with Crippen molar-refractivity contribution in [1.82, 2.24) is 0 Å². The number of rotatable bonds is 4. The first kappa shape index (κ1) is 11.4. The molecule has 0 aromatic heterocycles. The summed E-state index contributed by atoms with van der Waals surface area (Å²) in [6.45, 7) is 0. The van der Waals surface area contributed by atoms with Crippen molar-refractivity contribution in [3.63, 3.8) is 0 Å². The zero-order valence-electron chi connectivity index (χ0n) is 6.27. The summed E-state index contributed by atoms with van der Waals surface area (Å²) >= 11 is 0. The average Bonchev–Trinajstić information content (AvgIpc) is 2.03. The highest BCUT2D eigenvalue weighted by atomic mass is 19.2. The third-order valence-electron chi connectivity index (χ3n) is 1.01. The minimum Gasteiger partial charge on any atom is -0.286 e. The van der Waals surface area contributed by atoms with Crippen LogP contribution in [0.4, 0.5) is 8.78 Å². The van der Waals surface area contributed by atoms with Crippen molar-refractivity contribution in [2.75, 3.05) is 7.11 Å². The van der Waals surface area contributed by atoms with Gasteiger partial charge in [0.15, 0.2) is 6.08 Å². The van der Waals surface area contributed by atoms with Gasteiger partial charge >= 0.3 is 11.9 Å². The number of nitrogens with zero attached hydrogens (tertiary/aromatic N) is 2. The van der Waals surface area contributed by atoms with Crippen LogP contribution in [0, 0.1) is 20.2 Å². The topological polar surface area (TPSA) is 95.5 Å². The van der Waals surface area contributed by atoms with Gasteiger partial charge in [-0.25, -0.2) is 0 Å². The van der Waals surface area contributed by atoms with E-state index in [2.05, 4.69) is 4.74 Å². The first-order valence-corrected chi connectivity index (χ1v) is 2.75. The molecular weight excluding hydrogens is 194 g/mol. The van der Waals surface area contributed by atoms with E-state index in [0.717, 1.165) is 0 Å². The highest BCUT2D eigenvalue weighted by molar-refractivity contribution is 4.89. The van der Waals surface area contributed by atoms with Gasteiger partial charge in [-0.15, -0.1) is 8.78 Å². The normalized spacial score (nSPS) is 16.4. The molecule has 0 bridgehead atoms. The van der Waals surface area contributed by atoms with Gasteiger partial charge < -0.3 is 0 Å². The SMILES string of the molecule is COC(F)(/C=C(\F)[N+](=O)[O-])[N+](=O)[O-]. The van der Waals surface area contributed by atoms with E-state index < -0.39 is 27.9 Å². The Morgan fingerprint density at radius 2 is 2.00 bits per heavy atom. The summed E-state index contributed by atoms with van der Waals surface area (Å²) in [5.41, 5.74) is 0. The van der Waals surface area contributed by atoms with Crippen molar-refractivity contribution in [2.45, 2.75) is 5.98 Å². The summed E-state index contributed by atoms with van der Waals surface area (Å²) in [5, 5.41) is 19.5. The zero-order valence-corrected chi connectivity index (χ0v) is 6.27. The fourth-order valence-corrected chi connectivity index (χ4v) is 0.386. The second-order valence-electron chi connectivity index (χ2n) is 1.79. The van der Waals surface area contributed by atoms with Crippen LogP contribution in [-0.4, -0.2) is 22.9 Å². The highest BCUT2D eigenvalue weighted by Crippen LogP contribution is 2.17. The van der Waals surface area contributed by atoms with E-state index in [4.69, 9.17) is 0 Å². The molecule has 0 radical (unpaired) electrons. The number of ether oxygens (including phenoxy) is 1. The first-order chi connectivity index (χ1) is 5.83.